The Morgan fingerprint density at radius 2 is 1.68 bits per heavy atom. The molecule has 0 bridgehead atoms. The molecule has 0 spiro atoms. The van der Waals surface area contributed by atoms with Gasteiger partial charge in [0.25, 0.3) is 5.91 Å². The van der Waals surface area contributed by atoms with E-state index in [9.17, 15) is 13.6 Å². The van der Waals surface area contributed by atoms with E-state index in [1.165, 1.54) is 42.6 Å². The number of amides is 1. The molecule has 5 nitrogen and oxygen atoms in total. The van der Waals surface area contributed by atoms with Crippen LogP contribution in [-0.4, -0.2) is 18.7 Å². The second kappa shape index (κ2) is 10.5. The van der Waals surface area contributed by atoms with Crippen molar-refractivity contribution in [1.82, 2.24) is 5.43 Å². The zero-order chi connectivity index (χ0) is 22.2. The van der Waals surface area contributed by atoms with Gasteiger partial charge in [-0.05, 0) is 66.6 Å². The summed E-state index contributed by atoms with van der Waals surface area (Å²) < 4.78 is 37.4. The lowest BCUT2D eigenvalue weighted by Crippen LogP contribution is -2.17. The van der Waals surface area contributed by atoms with E-state index < -0.39 is 11.7 Å². The Morgan fingerprint density at radius 3 is 2.32 bits per heavy atom. The normalized spacial score (nSPS) is 10.8. The molecule has 0 fully saturated rings. The van der Waals surface area contributed by atoms with E-state index in [1.54, 1.807) is 24.3 Å². The first-order valence-corrected chi connectivity index (χ1v) is 9.76. The highest BCUT2D eigenvalue weighted by Gasteiger charge is 2.13. The SMILES string of the molecule is CCOc1cc(/C=N\NC(=O)c2ccc(F)cc2)cc(Cl)c1OCc1ccc(F)cc1. The highest BCUT2D eigenvalue weighted by molar-refractivity contribution is 6.32. The number of ether oxygens (including phenoxy) is 2. The largest absolute Gasteiger partial charge is 0.490 e. The summed E-state index contributed by atoms with van der Waals surface area (Å²) in [5.74, 6) is -0.484. The fourth-order valence-electron chi connectivity index (χ4n) is 2.63. The van der Waals surface area contributed by atoms with Crippen LogP contribution in [0.4, 0.5) is 8.78 Å². The van der Waals surface area contributed by atoms with Crippen molar-refractivity contribution in [2.24, 2.45) is 5.10 Å². The van der Waals surface area contributed by atoms with Crippen LogP contribution in [-0.2, 0) is 6.61 Å². The van der Waals surface area contributed by atoms with Crippen molar-refractivity contribution in [3.8, 4) is 11.5 Å². The van der Waals surface area contributed by atoms with Crippen LogP contribution in [0, 0.1) is 11.6 Å². The van der Waals surface area contributed by atoms with E-state index in [1.807, 2.05) is 6.92 Å². The minimum atomic E-state index is -0.480. The summed E-state index contributed by atoms with van der Waals surface area (Å²) in [6.45, 7) is 2.38. The van der Waals surface area contributed by atoms with Crippen molar-refractivity contribution >= 4 is 23.7 Å². The van der Waals surface area contributed by atoms with Crippen molar-refractivity contribution in [2.75, 3.05) is 6.61 Å². The number of nitrogens with one attached hydrogen (secondary N) is 1. The van der Waals surface area contributed by atoms with Crippen LogP contribution in [0.1, 0.15) is 28.4 Å². The molecule has 8 heteroatoms. The quantitative estimate of drug-likeness (QED) is 0.376. The molecule has 0 saturated carbocycles. The van der Waals surface area contributed by atoms with Gasteiger partial charge in [-0.25, -0.2) is 14.2 Å². The molecule has 3 rings (SSSR count). The minimum Gasteiger partial charge on any atom is -0.490 e. The standard InChI is InChI=1S/C23H19ClF2N2O3/c1-2-30-21-12-16(13-27-28-23(29)17-5-9-19(26)10-6-17)11-20(24)22(21)31-14-15-3-7-18(25)8-4-15/h3-13H,2,14H2,1H3,(H,28,29)/b27-13-. The summed E-state index contributed by atoms with van der Waals surface area (Å²) in [5.41, 5.74) is 3.98. The molecule has 0 radical (unpaired) electrons. The predicted octanol–water partition coefficient (Wildman–Crippen LogP) is 5.36. The lowest BCUT2D eigenvalue weighted by Gasteiger charge is -2.14. The molecule has 0 aliphatic rings. The number of hydrogen-bond acceptors (Lipinski definition) is 4. The summed E-state index contributed by atoms with van der Waals surface area (Å²) in [5, 5.41) is 4.20. The lowest BCUT2D eigenvalue weighted by atomic mass is 10.2. The molecule has 31 heavy (non-hydrogen) atoms. The van der Waals surface area contributed by atoms with Crippen LogP contribution >= 0.6 is 11.6 Å². The van der Waals surface area contributed by atoms with Gasteiger partial charge in [-0.3, -0.25) is 4.79 Å². The third-order valence-electron chi connectivity index (χ3n) is 4.11. The summed E-state index contributed by atoms with van der Waals surface area (Å²) >= 11 is 6.36. The van der Waals surface area contributed by atoms with Gasteiger partial charge >= 0.3 is 0 Å². The zero-order valence-corrected chi connectivity index (χ0v) is 17.3. The van der Waals surface area contributed by atoms with Crippen LogP contribution in [0.25, 0.3) is 0 Å². The topological polar surface area (TPSA) is 59.9 Å². The Hall–Kier alpha value is -3.45. The maximum Gasteiger partial charge on any atom is 0.271 e. The van der Waals surface area contributed by atoms with Crippen molar-refractivity contribution in [3.63, 3.8) is 0 Å². The summed E-state index contributed by atoms with van der Waals surface area (Å²) in [6, 6.07) is 14.3. The van der Waals surface area contributed by atoms with Gasteiger partial charge < -0.3 is 9.47 Å². The maximum absolute atomic E-state index is 13.1. The highest BCUT2D eigenvalue weighted by Crippen LogP contribution is 2.37. The number of carbonyl (C=O) groups is 1. The molecule has 0 unspecified atom stereocenters. The molecular formula is C23H19ClF2N2O3. The van der Waals surface area contributed by atoms with E-state index in [0.29, 0.717) is 28.7 Å². The van der Waals surface area contributed by atoms with E-state index in [2.05, 4.69) is 10.5 Å². The second-order valence-corrected chi connectivity index (χ2v) is 6.79. The van der Waals surface area contributed by atoms with E-state index in [-0.39, 0.29) is 18.0 Å². The highest BCUT2D eigenvalue weighted by atomic mass is 35.5. The second-order valence-electron chi connectivity index (χ2n) is 6.38. The van der Waals surface area contributed by atoms with Crippen molar-refractivity contribution in [1.29, 1.82) is 0 Å². The summed E-state index contributed by atoms with van der Waals surface area (Å²) in [6.07, 6.45) is 1.40. The Morgan fingerprint density at radius 1 is 1.03 bits per heavy atom. The third kappa shape index (κ3) is 6.26. The van der Waals surface area contributed by atoms with E-state index >= 15 is 0 Å². The molecule has 0 heterocycles. The van der Waals surface area contributed by atoms with Crippen molar-refractivity contribution in [3.05, 3.63) is 94.0 Å². The molecule has 0 saturated heterocycles. The smallest absolute Gasteiger partial charge is 0.271 e. The summed E-state index contributed by atoms with van der Waals surface area (Å²) in [4.78, 5) is 12.0. The monoisotopic (exact) mass is 444 g/mol. The van der Waals surface area contributed by atoms with Crippen LogP contribution in [0.15, 0.2) is 65.8 Å². The van der Waals surface area contributed by atoms with Gasteiger partial charge in [0.1, 0.15) is 18.2 Å². The number of rotatable bonds is 8. The predicted molar refractivity (Wildman–Crippen MR) is 115 cm³/mol. The third-order valence-corrected chi connectivity index (χ3v) is 4.40. The average Bonchev–Trinajstić information content (AvgIpc) is 2.75. The molecule has 3 aromatic rings. The van der Waals surface area contributed by atoms with E-state index in [4.69, 9.17) is 21.1 Å². The Kier molecular flexibility index (Phi) is 7.56. The first kappa shape index (κ1) is 22.2. The Labute approximate surface area is 183 Å². The number of hydrogen-bond donors (Lipinski definition) is 1. The fourth-order valence-corrected chi connectivity index (χ4v) is 2.91. The first-order valence-electron chi connectivity index (χ1n) is 9.39. The van der Waals surface area contributed by atoms with Gasteiger partial charge in [0.2, 0.25) is 0 Å². The number of carbonyl (C=O) groups excluding carboxylic acids is 1. The fraction of sp³-hybridized carbons (Fsp3) is 0.130. The summed E-state index contributed by atoms with van der Waals surface area (Å²) in [7, 11) is 0. The van der Waals surface area contributed by atoms with Crippen molar-refractivity contribution in [2.45, 2.75) is 13.5 Å². The van der Waals surface area contributed by atoms with Crippen LogP contribution in [0.2, 0.25) is 5.02 Å². The molecule has 1 amide bonds. The number of benzene rings is 3. The molecule has 1 N–H and O–H groups in total. The van der Waals surface area contributed by atoms with Gasteiger partial charge in [-0.15, -0.1) is 0 Å². The number of nitrogens with zero attached hydrogens (tertiary/aromatic N) is 1. The van der Waals surface area contributed by atoms with Crippen LogP contribution in [0.5, 0.6) is 11.5 Å². The Bertz CT molecular complexity index is 1070. The number of hydrazone groups is 1. The molecule has 0 atom stereocenters. The molecule has 0 aliphatic carbocycles. The van der Waals surface area contributed by atoms with Gasteiger partial charge in [0, 0.05) is 5.56 Å². The van der Waals surface area contributed by atoms with Crippen molar-refractivity contribution < 1.29 is 23.0 Å². The van der Waals surface area contributed by atoms with Gasteiger partial charge in [0.05, 0.1) is 17.8 Å². The van der Waals surface area contributed by atoms with Crippen LogP contribution < -0.4 is 14.9 Å². The molecule has 3 aromatic carbocycles. The lowest BCUT2D eigenvalue weighted by molar-refractivity contribution is 0.0955. The van der Waals surface area contributed by atoms with Gasteiger partial charge in [-0.2, -0.15) is 5.10 Å². The minimum absolute atomic E-state index is 0.182. The average molecular weight is 445 g/mol. The number of halogens is 3. The van der Waals surface area contributed by atoms with E-state index in [0.717, 1.165) is 5.56 Å². The molecular weight excluding hydrogens is 426 g/mol. The molecule has 160 valence electrons. The van der Waals surface area contributed by atoms with Gasteiger partial charge in [0.15, 0.2) is 11.5 Å². The molecule has 0 aliphatic heterocycles. The zero-order valence-electron chi connectivity index (χ0n) is 16.6. The molecule has 0 aromatic heterocycles. The Balaban J connectivity index is 1.71. The van der Waals surface area contributed by atoms with Gasteiger partial charge in [-0.1, -0.05) is 23.7 Å². The maximum atomic E-state index is 13.1. The first-order chi connectivity index (χ1) is 15.0. The van der Waals surface area contributed by atoms with Crippen LogP contribution in [0.3, 0.4) is 0 Å².